The highest BCUT2D eigenvalue weighted by Crippen LogP contribution is 2.21. The number of hydrogen-bond donors (Lipinski definition) is 3. The number of carbonyl (C=O) groups excluding carboxylic acids is 1. The van der Waals surface area contributed by atoms with Crippen LogP contribution in [-0.2, 0) is 0 Å². The van der Waals surface area contributed by atoms with Crippen LogP contribution in [-0.4, -0.2) is 5.91 Å². The number of hydrogen-bond acceptors (Lipinski definition) is 3. The zero-order valence-corrected chi connectivity index (χ0v) is 12.9. The Morgan fingerprint density at radius 3 is 2.30 bits per heavy atom. The Labute approximate surface area is 126 Å². The number of rotatable bonds is 3. The van der Waals surface area contributed by atoms with Crippen molar-refractivity contribution in [2.75, 3.05) is 10.7 Å². The average molecular weight is 334 g/mol. The van der Waals surface area contributed by atoms with Crippen LogP contribution in [0.3, 0.4) is 0 Å². The fourth-order valence-electron chi connectivity index (χ4n) is 1.93. The molecule has 20 heavy (non-hydrogen) atoms. The summed E-state index contributed by atoms with van der Waals surface area (Å²) >= 11 is 3.40. The predicted octanol–water partition coefficient (Wildman–Crippen LogP) is 3.60. The number of anilines is 2. The molecule has 2 aromatic carbocycles. The number of carbonyl (C=O) groups is 1. The fourth-order valence-corrected chi connectivity index (χ4v) is 2.40. The molecule has 2 aromatic rings. The van der Waals surface area contributed by atoms with E-state index >= 15 is 0 Å². The molecule has 4 nitrogen and oxygen atoms in total. The van der Waals surface area contributed by atoms with E-state index in [-0.39, 0.29) is 5.91 Å². The molecule has 0 saturated heterocycles. The summed E-state index contributed by atoms with van der Waals surface area (Å²) in [6.45, 7) is 3.85. The summed E-state index contributed by atoms with van der Waals surface area (Å²) < 4.78 is 0.988. The van der Waals surface area contributed by atoms with Crippen molar-refractivity contribution >= 4 is 33.2 Å². The summed E-state index contributed by atoms with van der Waals surface area (Å²) in [6.07, 6.45) is 0. The van der Waals surface area contributed by atoms with Crippen molar-refractivity contribution in [1.82, 2.24) is 0 Å². The molecule has 0 fully saturated rings. The Bertz CT molecular complexity index is 656. The molecule has 0 radical (unpaired) electrons. The first kappa shape index (κ1) is 14.6. The highest BCUT2D eigenvalue weighted by molar-refractivity contribution is 9.10. The molecule has 2 rings (SSSR count). The highest BCUT2D eigenvalue weighted by Gasteiger charge is 2.09. The molecular formula is C15H16BrN3O. The maximum atomic E-state index is 12.2. The van der Waals surface area contributed by atoms with E-state index in [4.69, 9.17) is 5.84 Å². The van der Waals surface area contributed by atoms with E-state index in [1.165, 1.54) is 0 Å². The zero-order chi connectivity index (χ0) is 14.7. The number of benzene rings is 2. The SMILES string of the molecule is Cc1cc(C(=O)Nc2ccc(Br)cc2C)ccc1NN. The minimum Gasteiger partial charge on any atom is -0.324 e. The number of nitrogens with two attached hydrogens (primary N) is 1. The lowest BCUT2D eigenvalue weighted by atomic mass is 10.1. The van der Waals surface area contributed by atoms with Crippen LogP contribution in [0.25, 0.3) is 0 Å². The summed E-state index contributed by atoms with van der Waals surface area (Å²) in [7, 11) is 0. The van der Waals surface area contributed by atoms with E-state index < -0.39 is 0 Å². The third-order valence-corrected chi connectivity index (χ3v) is 3.57. The maximum Gasteiger partial charge on any atom is 0.255 e. The molecule has 0 aromatic heterocycles. The van der Waals surface area contributed by atoms with Gasteiger partial charge in [0.05, 0.1) is 5.69 Å². The fraction of sp³-hybridized carbons (Fsp3) is 0.133. The summed E-state index contributed by atoms with van der Waals surface area (Å²) in [5.74, 6) is 5.24. The van der Waals surface area contributed by atoms with Crippen LogP contribution in [0, 0.1) is 13.8 Å². The van der Waals surface area contributed by atoms with Crippen LogP contribution in [0.15, 0.2) is 40.9 Å². The van der Waals surface area contributed by atoms with Gasteiger partial charge in [0.1, 0.15) is 0 Å². The molecule has 0 aliphatic carbocycles. The molecule has 0 bridgehead atoms. The van der Waals surface area contributed by atoms with Crippen LogP contribution < -0.4 is 16.6 Å². The molecule has 0 unspecified atom stereocenters. The van der Waals surface area contributed by atoms with Gasteiger partial charge in [0.2, 0.25) is 0 Å². The van der Waals surface area contributed by atoms with E-state index in [0.717, 1.165) is 27.0 Å². The lowest BCUT2D eigenvalue weighted by Crippen LogP contribution is -2.14. The molecule has 5 heteroatoms. The molecule has 0 aliphatic rings. The van der Waals surface area contributed by atoms with Gasteiger partial charge in [0.15, 0.2) is 0 Å². The van der Waals surface area contributed by atoms with Crippen molar-refractivity contribution in [3.63, 3.8) is 0 Å². The Morgan fingerprint density at radius 2 is 1.70 bits per heavy atom. The van der Waals surface area contributed by atoms with Gasteiger partial charge in [0, 0.05) is 15.7 Å². The molecule has 0 atom stereocenters. The van der Waals surface area contributed by atoms with Gasteiger partial charge in [-0.2, -0.15) is 0 Å². The molecule has 1 amide bonds. The highest BCUT2D eigenvalue weighted by atomic mass is 79.9. The monoisotopic (exact) mass is 333 g/mol. The molecule has 0 saturated carbocycles. The quantitative estimate of drug-likeness (QED) is 0.593. The van der Waals surface area contributed by atoms with Gasteiger partial charge in [-0.3, -0.25) is 10.6 Å². The summed E-state index contributed by atoms with van der Waals surface area (Å²) in [4.78, 5) is 12.2. The number of hydrazine groups is 1. The van der Waals surface area contributed by atoms with Crippen molar-refractivity contribution in [2.45, 2.75) is 13.8 Å². The molecule has 0 aliphatic heterocycles. The number of amides is 1. The van der Waals surface area contributed by atoms with E-state index in [2.05, 4.69) is 26.7 Å². The first-order valence-electron chi connectivity index (χ1n) is 6.16. The minimum absolute atomic E-state index is 0.137. The standard InChI is InChI=1S/C15H16BrN3O/c1-9-7-11(3-5-14(9)19-17)15(20)18-13-6-4-12(16)8-10(13)2/h3-8,19H,17H2,1-2H3,(H,18,20). The summed E-state index contributed by atoms with van der Waals surface area (Å²) in [6, 6.07) is 11.1. The number of nitrogen functional groups attached to an aromatic ring is 1. The Kier molecular flexibility index (Phi) is 4.42. The van der Waals surface area contributed by atoms with Gasteiger partial charge in [0.25, 0.3) is 5.91 Å². The number of halogens is 1. The topological polar surface area (TPSA) is 67.2 Å². The van der Waals surface area contributed by atoms with Crippen LogP contribution in [0.1, 0.15) is 21.5 Å². The number of nitrogens with one attached hydrogen (secondary N) is 2. The van der Waals surface area contributed by atoms with Crippen molar-refractivity contribution in [2.24, 2.45) is 5.84 Å². The van der Waals surface area contributed by atoms with Gasteiger partial charge >= 0.3 is 0 Å². The predicted molar refractivity (Wildman–Crippen MR) is 85.8 cm³/mol. The normalized spacial score (nSPS) is 10.2. The molecule has 0 heterocycles. The Balaban J connectivity index is 2.21. The first-order chi connectivity index (χ1) is 9.51. The Hall–Kier alpha value is -1.85. The second-order valence-corrected chi connectivity index (χ2v) is 5.50. The van der Waals surface area contributed by atoms with Gasteiger partial charge in [-0.05, 0) is 61.4 Å². The van der Waals surface area contributed by atoms with E-state index in [0.29, 0.717) is 5.56 Å². The summed E-state index contributed by atoms with van der Waals surface area (Å²) in [5, 5.41) is 2.91. The molecular weight excluding hydrogens is 318 g/mol. The minimum atomic E-state index is -0.137. The maximum absolute atomic E-state index is 12.2. The van der Waals surface area contributed by atoms with Gasteiger partial charge in [-0.1, -0.05) is 15.9 Å². The average Bonchev–Trinajstić information content (AvgIpc) is 2.41. The molecule has 4 N–H and O–H groups in total. The van der Waals surface area contributed by atoms with E-state index in [1.807, 2.05) is 32.0 Å². The van der Waals surface area contributed by atoms with E-state index in [1.54, 1.807) is 18.2 Å². The van der Waals surface area contributed by atoms with Gasteiger partial charge in [-0.25, -0.2) is 0 Å². The molecule has 0 spiro atoms. The third kappa shape index (κ3) is 3.18. The van der Waals surface area contributed by atoms with Crippen LogP contribution in [0.2, 0.25) is 0 Å². The third-order valence-electron chi connectivity index (χ3n) is 3.08. The van der Waals surface area contributed by atoms with Crippen molar-refractivity contribution in [3.8, 4) is 0 Å². The van der Waals surface area contributed by atoms with Crippen LogP contribution >= 0.6 is 15.9 Å². The van der Waals surface area contributed by atoms with Crippen molar-refractivity contribution in [3.05, 3.63) is 57.6 Å². The smallest absolute Gasteiger partial charge is 0.255 e. The van der Waals surface area contributed by atoms with E-state index in [9.17, 15) is 4.79 Å². The van der Waals surface area contributed by atoms with Crippen molar-refractivity contribution in [1.29, 1.82) is 0 Å². The molecule has 104 valence electrons. The second-order valence-electron chi connectivity index (χ2n) is 4.59. The van der Waals surface area contributed by atoms with Crippen LogP contribution in [0.4, 0.5) is 11.4 Å². The lowest BCUT2D eigenvalue weighted by Gasteiger charge is -2.10. The lowest BCUT2D eigenvalue weighted by molar-refractivity contribution is 0.102. The van der Waals surface area contributed by atoms with Gasteiger partial charge in [-0.15, -0.1) is 0 Å². The first-order valence-corrected chi connectivity index (χ1v) is 6.95. The van der Waals surface area contributed by atoms with Gasteiger partial charge < -0.3 is 10.7 Å². The largest absolute Gasteiger partial charge is 0.324 e. The zero-order valence-electron chi connectivity index (χ0n) is 11.3. The second kappa shape index (κ2) is 6.07. The van der Waals surface area contributed by atoms with Crippen molar-refractivity contribution < 1.29 is 4.79 Å². The summed E-state index contributed by atoms with van der Waals surface area (Å²) in [5.41, 5.74) is 6.73. The Morgan fingerprint density at radius 1 is 1.05 bits per heavy atom. The van der Waals surface area contributed by atoms with Crippen LogP contribution in [0.5, 0.6) is 0 Å². The number of aryl methyl sites for hydroxylation is 2.